The number of nitrogens with zero attached hydrogens (tertiary/aromatic N) is 2. The molecule has 0 aliphatic carbocycles. The van der Waals surface area contributed by atoms with E-state index in [2.05, 4.69) is 15.2 Å². The summed E-state index contributed by atoms with van der Waals surface area (Å²) in [6, 6.07) is 12.7. The van der Waals surface area contributed by atoms with Gasteiger partial charge in [-0.15, -0.1) is 0 Å². The second kappa shape index (κ2) is 6.17. The molecule has 0 aliphatic rings. The smallest absolute Gasteiger partial charge is 0.181 e. The maximum Gasteiger partial charge on any atom is 0.181 e. The summed E-state index contributed by atoms with van der Waals surface area (Å²) in [7, 11) is -3.32. The van der Waals surface area contributed by atoms with Crippen molar-refractivity contribution < 1.29 is 12.8 Å². The molecule has 27 heavy (non-hydrogen) atoms. The van der Waals surface area contributed by atoms with E-state index in [4.69, 9.17) is 5.73 Å². The maximum atomic E-state index is 13.7. The van der Waals surface area contributed by atoms with Crippen LogP contribution in [0.5, 0.6) is 0 Å². The number of hydrogen-bond acceptors (Lipinski definition) is 5. The van der Waals surface area contributed by atoms with Crippen LogP contribution in [0.2, 0.25) is 0 Å². The van der Waals surface area contributed by atoms with Crippen LogP contribution in [0.25, 0.3) is 33.4 Å². The lowest BCUT2D eigenvalue weighted by Gasteiger charge is -2.05. The van der Waals surface area contributed by atoms with Gasteiger partial charge in [-0.1, -0.05) is 12.1 Å². The number of rotatable bonds is 3. The monoisotopic (exact) mass is 382 g/mol. The number of aromatic nitrogens is 3. The number of nitrogens with two attached hydrogens (primary N) is 1. The highest BCUT2D eigenvalue weighted by molar-refractivity contribution is 7.90. The molecule has 2 aromatic carbocycles. The molecule has 8 heteroatoms. The number of nitrogens with one attached hydrogen (secondary N) is 1. The van der Waals surface area contributed by atoms with Gasteiger partial charge in [0.1, 0.15) is 5.82 Å². The summed E-state index contributed by atoms with van der Waals surface area (Å²) in [6.07, 6.45) is 2.78. The molecule has 4 rings (SSSR count). The number of fused-ring (bicyclic) bond motifs is 1. The summed E-state index contributed by atoms with van der Waals surface area (Å²) in [6.45, 7) is 0. The number of sulfone groups is 1. The molecule has 0 aliphatic heterocycles. The summed E-state index contributed by atoms with van der Waals surface area (Å²) in [4.78, 5) is 4.55. The van der Waals surface area contributed by atoms with Crippen molar-refractivity contribution in [2.24, 2.45) is 0 Å². The highest BCUT2D eigenvalue weighted by Crippen LogP contribution is 2.31. The van der Waals surface area contributed by atoms with Crippen molar-refractivity contribution in [1.29, 1.82) is 0 Å². The largest absolute Gasteiger partial charge is 0.399 e. The van der Waals surface area contributed by atoms with Crippen LogP contribution in [0.4, 0.5) is 10.1 Å². The van der Waals surface area contributed by atoms with Gasteiger partial charge in [0.2, 0.25) is 0 Å². The highest BCUT2D eigenvalue weighted by atomic mass is 32.2. The van der Waals surface area contributed by atoms with Gasteiger partial charge in [0.15, 0.2) is 15.5 Å². The molecule has 0 amide bonds. The molecule has 0 saturated carbocycles. The molecule has 0 spiro atoms. The molecule has 0 radical (unpaired) electrons. The molecule has 2 aromatic heterocycles. The Morgan fingerprint density at radius 2 is 1.85 bits per heavy atom. The standard InChI is InChI=1S/C19H15FN4O2S/c1-27(25,26)16-4-2-3-11(7-16)13-8-17-18(23-24-19(17)22-10-13)12-5-14(20)9-15(21)6-12/h2-10H,21H2,1H3,(H,22,23,24). The van der Waals surface area contributed by atoms with Gasteiger partial charge in [0.05, 0.1) is 10.6 Å². The quantitative estimate of drug-likeness (QED) is 0.529. The third-order valence-electron chi connectivity index (χ3n) is 4.21. The summed E-state index contributed by atoms with van der Waals surface area (Å²) in [5.74, 6) is -0.447. The lowest BCUT2D eigenvalue weighted by Crippen LogP contribution is -1.96. The molecule has 6 nitrogen and oxygen atoms in total. The Labute approximate surface area is 154 Å². The minimum atomic E-state index is -3.32. The van der Waals surface area contributed by atoms with E-state index in [9.17, 15) is 12.8 Å². The normalized spacial score (nSPS) is 11.8. The lowest BCUT2D eigenvalue weighted by atomic mass is 10.0. The molecule has 3 N–H and O–H groups in total. The van der Waals surface area contributed by atoms with Gasteiger partial charge in [0.25, 0.3) is 0 Å². The van der Waals surface area contributed by atoms with Crippen LogP contribution in [-0.2, 0) is 9.84 Å². The van der Waals surface area contributed by atoms with Gasteiger partial charge in [0, 0.05) is 34.7 Å². The molecule has 0 saturated heterocycles. The topological polar surface area (TPSA) is 102 Å². The summed E-state index contributed by atoms with van der Waals surface area (Å²) in [5.41, 5.74) is 9.08. The van der Waals surface area contributed by atoms with Gasteiger partial charge in [-0.05, 0) is 42.0 Å². The molecule has 136 valence electrons. The van der Waals surface area contributed by atoms with Crippen molar-refractivity contribution in [3.63, 3.8) is 0 Å². The van der Waals surface area contributed by atoms with Crippen molar-refractivity contribution in [3.8, 4) is 22.4 Å². The van der Waals surface area contributed by atoms with E-state index in [1.54, 1.807) is 36.5 Å². The van der Waals surface area contributed by atoms with Crippen molar-refractivity contribution in [2.75, 3.05) is 12.0 Å². The molecule has 0 fully saturated rings. The van der Waals surface area contributed by atoms with E-state index in [0.717, 1.165) is 11.8 Å². The van der Waals surface area contributed by atoms with Crippen LogP contribution in [0.3, 0.4) is 0 Å². The fourth-order valence-corrected chi connectivity index (χ4v) is 3.61. The van der Waals surface area contributed by atoms with Gasteiger partial charge in [-0.25, -0.2) is 17.8 Å². The third-order valence-corrected chi connectivity index (χ3v) is 5.32. The molecule has 0 atom stereocenters. The van der Waals surface area contributed by atoms with E-state index < -0.39 is 15.7 Å². The van der Waals surface area contributed by atoms with E-state index in [0.29, 0.717) is 33.5 Å². The van der Waals surface area contributed by atoms with Gasteiger partial charge < -0.3 is 5.73 Å². The molecule has 0 unspecified atom stereocenters. The predicted molar refractivity (Wildman–Crippen MR) is 102 cm³/mol. The van der Waals surface area contributed by atoms with E-state index in [-0.39, 0.29) is 4.90 Å². The van der Waals surface area contributed by atoms with Crippen molar-refractivity contribution in [3.05, 3.63) is 60.5 Å². The summed E-state index contributed by atoms with van der Waals surface area (Å²) in [5, 5.41) is 7.70. The van der Waals surface area contributed by atoms with Crippen LogP contribution in [0.15, 0.2) is 59.6 Å². The zero-order valence-corrected chi connectivity index (χ0v) is 15.1. The molecule has 2 heterocycles. The van der Waals surface area contributed by atoms with Gasteiger partial charge in [-0.3, -0.25) is 5.10 Å². The zero-order valence-electron chi connectivity index (χ0n) is 14.3. The second-order valence-electron chi connectivity index (χ2n) is 6.27. The fraction of sp³-hybridized carbons (Fsp3) is 0.0526. The van der Waals surface area contributed by atoms with Crippen LogP contribution >= 0.6 is 0 Å². The first-order chi connectivity index (χ1) is 12.8. The minimum Gasteiger partial charge on any atom is -0.399 e. The lowest BCUT2D eigenvalue weighted by molar-refractivity contribution is 0.602. The average molecular weight is 382 g/mol. The fourth-order valence-electron chi connectivity index (χ4n) is 2.94. The summed E-state index contributed by atoms with van der Waals surface area (Å²) < 4.78 is 37.4. The Balaban J connectivity index is 1.88. The molecular formula is C19H15FN4O2S. The number of hydrogen-bond donors (Lipinski definition) is 2. The summed E-state index contributed by atoms with van der Waals surface area (Å²) >= 11 is 0. The van der Waals surface area contributed by atoms with Gasteiger partial charge in [-0.2, -0.15) is 5.10 Å². The Bertz CT molecular complexity index is 1260. The highest BCUT2D eigenvalue weighted by Gasteiger charge is 2.13. The predicted octanol–water partition coefficient (Wildman–Crippen LogP) is 3.42. The second-order valence-corrected chi connectivity index (χ2v) is 8.28. The van der Waals surface area contributed by atoms with E-state index in [1.807, 2.05) is 6.07 Å². The number of halogens is 1. The van der Waals surface area contributed by atoms with Crippen LogP contribution < -0.4 is 5.73 Å². The van der Waals surface area contributed by atoms with Gasteiger partial charge >= 0.3 is 0 Å². The molecule has 4 aromatic rings. The first-order valence-corrected chi connectivity index (χ1v) is 9.91. The number of anilines is 1. The van der Waals surface area contributed by atoms with Crippen molar-refractivity contribution in [2.45, 2.75) is 4.90 Å². The zero-order chi connectivity index (χ0) is 19.2. The molecule has 0 bridgehead atoms. The SMILES string of the molecule is CS(=O)(=O)c1cccc(-c2cnc3n[nH]c(-c4cc(N)cc(F)c4)c3c2)c1. The number of nitrogen functional groups attached to an aromatic ring is 1. The van der Waals surface area contributed by atoms with Crippen LogP contribution in [-0.4, -0.2) is 29.9 Å². The first-order valence-electron chi connectivity index (χ1n) is 8.02. The Morgan fingerprint density at radius 3 is 2.59 bits per heavy atom. The van der Waals surface area contributed by atoms with Crippen molar-refractivity contribution in [1.82, 2.24) is 15.2 Å². The van der Waals surface area contributed by atoms with Crippen LogP contribution in [0, 0.1) is 5.82 Å². The third kappa shape index (κ3) is 3.26. The number of aromatic amines is 1. The number of benzene rings is 2. The number of H-pyrrole nitrogens is 1. The average Bonchev–Trinajstić information content (AvgIpc) is 3.03. The molecular weight excluding hydrogens is 367 g/mol. The van der Waals surface area contributed by atoms with E-state index >= 15 is 0 Å². The van der Waals surface area contributed by atoms with Crippen LogP contribution in [0.1, 0.15) is 0 Å². The first kappa shape index (κ1) is 17.2. The Morgan fingerprint density at radius 1 is 1.04 bits per heavy atom. The van der Waals surface area contributed by atoms with Crippen molar-refractivity contribution >= 4 is 26.6 Å². The maximum absolute atomic E-state index is 13.7. The Kier molecular flexibility index (Phi) is 3.92. The minimum absolute atomic E-state index is 0.227. The number of pyridine rings is 1. The Hall–Kier alpha value is -3.26. The van der Waals surface area contributed by atoms with E-state index in [1.165, 1.54) is 12.1 Å².